The number of carboxylic acid groups (broad SMARTS) is 2. The lowest BCUT2D eigenvalue weighted by molar-refractivity contribution is -0.898. The molecule has 0 aromatic heterocycles. The molecule has 0 bridgehead atoms. The summed E-state index contributed by atoms with van der Waals surface area (Å²) in [7, 11) is 0. The molecular formula is C22H25N2O6+. The largest absolute Gasteiger partial charge is 0.514 e. The van der Waals surface area contributed by atoms with Crippen LogP contribution in [0.2, 0.25) is 0 Å². The molecule has 1 aliphatic heterocycles. The molecule has 1 unspecified atom stereocenters. The summed E-state index contributed by atoms with van der Waals surface area (Å²) in [6.07, 6.45) is -1.82. The minimum Gasteiger partial charge on any atom is -0.477 e. The first-order valence-corrected chi connectivity index (χ1v) is 9.65. The van der Waals surface area contributed by atoms with E-state index in [1.54, 1.807) is 36.4 Å². The molecule has 2 aromatic rings. The maximum Gasteiger partial charge on any atom is 0.514 e. The maximum absolute atomic E-state index is 12.4. The molecular weight excluding hydrogens is 388 g/mol. The van der Waals surface area contributed by atoms with Gasteiger partial charge in [-0.15, -0.1) is 0 Å². The lowest BCUT2D eigenvalue weighted by atomic mass is 9.91. The maximum atomic E-state index is 12.4. The van der Waals surface area contributed by atoms with Gasteiger partial charge in [-0.05, 0) is 5.56 Å². The lowest BCUT2D eigenvalue weighted by Gasteiger charge is -2.41. The standard InChI is InChI=1S/C22H24N2O6/c1-22(19(25)26)18(23-20(27)30-15-17-10-6-3-7-11-17)12-13-24(22,21(28)29)14-16-8-4-2-5-9-16/h2-11,18H,12-15H2,1H3,(H2-,23,25,26,27,28,29)/p+1/t18-,22+,24?/m1/s1. The Labute approximate surface area is 174 Å². The van der Waals surface area contributed by atoms with Crippen molar-refractivity contribution >= 4 is 18.2 Å². The van der Waals surface area contributed by atoms with Crippen LogP contribution in [0.1, 0.15) is 24.5 Å². The van der Waals surface area contributed by atoms with Gasteiger partial charge in [0.15, 0.2) is 0 Å². The Morgan fingerprint density at radius 2 is 1.60 bits per heavy atom. The summed E-state index contributed by atoms with van der Waals surface area (Å²) >= 11 is 0. The number of hydrogen-bond donors (Lipinski definition) is 3. The van der Waals surface area contributed by atoms with Crippen molar-refractivity contribution in [1.82, 2.24) is 5.32 Å². The van der Waals surface area contributed by atoms with E-state index in [0.29, 0.717) is 5.56 Å². The number of benzene rings is 2. The van der Waals surface area contributed by atoms with Gasteiger partial charge in [0, 0.05) is 18.9 Å². The molecule has 158 valence electrons. The van der Waals surface area contributed by atoms with E-state index in [4.69, 9.17) is 4.74 Å². The first-order valence-electron chi connectivity index (χ1n) is 9.65. The Bertz CT molecular complexity index is 920. The Morgan fingerprint density at radius 3 is 2.13 bits per heavy atom. The van der Waals surface area contributed by atoms with Crippen LogP contribution in [-0.2, 0) is 22.7 Å². The Morgan fingerprint density at radius 1 is 1.03 bits per heavy atom. The Balaban J connectivity index is 1.81. The number of amides is 2. The van der Waals surface area contributed by atoms with E-state index in [1.807, 2.05) is 24.3 Å². The third-order valence-corrected chi connectivity index (χ3v) is 5.97. The second kappa shape index (κ2) is 8.54. The fourth-order valence-corrected chi connectivity index (χ4v) is 4.11. The fraction of sp³-hybridized carbons (Fsp3) is 0.318. The number of nitrogens with one attached hydrogen (secondary N) is 1. The average molecular weight is 413 g/mol. The van der Waals surface area contributed by atoms with Crippen LogP contribution in [0.4, 0.5) is 9.59 Å². The molecule has 0 spiro atoms. The number of alkyl carbamates (subject to hydrolysis) is 1. The highest BCUT2D eigenvalue weighted by Gasteiger charge is 2.68. The number of hydrogen-bond acceptors (Lipinski definition) is 4. The van der Waals surface area contributed by atoms with Gasteiger partial charge < -0.3 is 20.3 Å². The topological polar surface area (TPSA) is 113 Å². The number of aliphatic carboxylic acids is 1. The summed E-state index contributed by atoms with van der Waals surface area (Å²) in [6, 6.07) is 17.1. The highest BCUT2D eigenvalue weighted by molar-refractivity contribution is 5.82. The number of carboxylic acids is 1. The molecule has 30 heavy (non-hydrogen) atoms. The van der Waals surface area contributed by atoms with Crippen molar-refractivity contribution in [3.63, 3.8) is 0 Å². The van der Waals surface area contributed by atoms with E-state index < -0.39 is 34.2 Å². The predicted molar refractivity (Wildman–Crippen MR) is 108 cm³/mol. The quantitative estimate of drug-likeness (QED) is 0.627. The van der Waals surface area contributed by atoms with Crippen molar-refractivity contribution in [3.05, 3.63) is 71.8 Å². The molecule has 0 radical (unpaired) electrons. The highest BCUT2D eigenvalue weighted by atomic mass is 16.5. The van der Waals surface area contributed by atoms with Crippen LogP contribution in [0.15, 0.2) is 60.7 Å². The Kier molecular flexibility index (Phi) is 6.07. The van der Waals surface area contributed by atoms with Crippen molar-refractivity contribution in [2.24, 2.45) is 0 Å². The SMILES string of the molecule is C[C@@]1(C(=O)O)[C@H](NC(=O)OCc2ccccc2)CC[N+]1(Cc1ccccc1)C(=O)O. The molecule has 1 heterocycles. The van der Waals surface area contributed by atoms with E-state index in [1.165, 1.54) is 6.92 Å². The molecule has 2 aromatic carbocycles. The molecule has 3 N–H and O–H groups in total. The number of carbonyl (C=O) groups is 3. The van der Waals surface area contributed by atoms with Crippen LogP contribution in [0, 0.1) is 0 Å². The summed E-state index contributed by atoms with van der Waals surface area (Å²) in [6.45, 7) is 1.47. The summed E-state index contributed by atoms with van der Waals surface area (Å²) in [5.74, 6) is -1.29. The van der Waals surface area contributed by atoms with Crippen molar-refractivity contribution < 1.29 is 33.8 Å². The molecule has 3 atom stereocenters. The smallest absolute Gasteiger partial charge is 0.477 e. The molecule has 2 amide bonds. The van der Waals surface area contributed by atoms with Gasteiger partial charge in [-0.2, -0.15) is 4.79 Å². The van der Waals surface area contributed by atoms with E-state index in [2.05, 4.69) is 5.32 Å². The average Bonchev–Trinajstić information content (AvgIpc) is 3.02. The van der Waals surface area contributed by atoms with E-state index >= 15 is 0 Å². The second-order valence-corrected chi connectivity index (χ2v) is 7.62. The van der Waals surface area contributed by atoms with E-state index in [9.17, 15) is 24.6 Å². The first kappa shape index (κ1) is 21.3. The van der Waals surface area contributed by atoms with Gasteiger partial charge in [0.05, 0.1) is 6.54 Å². The summed E-state index contributed by atoms with van der Waals surface area (Å²) in [4.78, 5) is 37.0. The van der Waals surface area contributed by atoms with Crippen molar-refractivity contribution in [2.75, 3.05) is 6.54 Å². The van der Waals surface area contributed by atoms with Crippen LogP contribution in [0.3, 0.4) is 0 Å². The van der Waals surface area contributed by atoms with Gasteiger partial charge in [-0.1, -0.05) is 60.7 Å². The minimum atomic E-state index is -1.77. The number of quaternary nitrogens is 1. The molecule has 0 aliphatic carbocycles. The summed E-state index contributed by atoms with van der Waals surface area (Å²) in [5.41, 5.74) is -0.271. The van der Waals surface area contributed by atoms with Crippen LogP contribution in [-0.4, -0.2) is 51.0 Å². The van der Waals surface area contributed by atoms with E-state index in [0.717, 1.165) is 5.56 Å². The van der Waals surface area contributed by atoms with Crippen LogP contribution in [0.25, 0.3) is 0 Å². The highest BCUT2D eigenvalue weighted by Crippen LogP contribution is 2.40. The normalized spacial score (nSPS) is 25.4. The molecule has 8 nitrogen and oxygen atoms in total. The minimum absolute atomic E-state index is 0.00375. The van der Waals surface area contributed by atoms with Crippen molar-refractivity contribution in [1.29, 1.82) is 0 Å². The fourth-order valence-electron chi connectivity index (χ4n) is 4.11. The van der Waals surface area contributed by atoms with E-state index in [-0.39, 0.29) is 26.1 Å². The third-order valence-electron chi connectivity index (χ3n) is 5.97. The molecule has 3 rings (SSSR count). The zero-order valence-electron chi connectivity index (χ0n) is 16.7. The van der Waals surface area contributed by atoms with Gasteiger partial charge in [0.25, 0.3) is 0 Å². The van der Waals surface area contributed by atoms with Crippen LogP contribution >= 0.6 is 0 Å². The molecule has 1 aliphatic rings. The molecule has 8 heteroatoms. The number of ether oxygens (including phenoxy) is 1. The summed E-state index contributed by atoms with van der Waals surface area (Å²) < 4.78 is 4.50. The van der Waals surface area contributed by atoms with Crippen molar-refractivity contribution in [2.45, 2.75) is 38.1 Å². The second-order valence-electron chi connectivity index (χ2n) is 7.62. The molecule has 1 saturated heterocycles. The Hall–Kier alpha value is -3.39. The molecule has 0 saturated carbocycles. The summed E-state index contributed by atoms with van der Waals surface area (Å²) in [5, 5.41) is 22.7. The number of nitrogens with zero attached hydrogens (tertiary/aromatic N) is 1. The lowest BCUT2D eigenvalue weighted by Crippen LogP contribution is -2.70. The number of carbonyl (C=O) groups excluding carboxylic acids is 1. The van der Waals surface area contributed by atoms with Gasteiger partial charge in [0.2, 0.25) is 5.54 Å². The van der Waals surface area contributed by atoms with Crippen LogP contribution in [0.5, 0.6) is 0 Å². The van der Waals surface area contributed by atoms with Crippen molar-refractivity contribution in [3.8, 4) is 0 Å². The van der Waals surface area contributed by atoms with Crippen LogP contribution < -0.4 is 5.32 Å². The third kappa shape index (κ3) is 3.86. The first-order chi connectivity index (χ1) is 14.3. The number of rotatable bonds is 6. The zero-order valence-corrected chi connectivity index (χ0v) is 16.7. The predicted octanol–water partition coefficient (Wildman–Crippen LogP) is 3.22. The number of likely N-dealkylation sites (tertiary alicyclic amines) is 1. The van der Waals surface area contributed by atoms with Gasteiger partial charge in [0.1, 0.15) is 19.2 Å². The zero-order chi connectivity index (χ0) is 21.8. The van der Waals surface area contributed by atoms with Gasteiger partial charge >= 0.3 is 18.2 Å². The molecule has 1 fully saturated rings. The monoisotopic (exact) mass is 413 g/mol. The van der Waals surface area contributed by atoms with Gasteiger partial charge in [-0.25, -0.2) is 14.1 Å². The van der Waals surface area contributed by atoms with Gasteiger partial charge in [-0.3, -0.25) is 0 Å².